The van der Waals surface area contributed by atoms with Crippen LogP contribution in [0.5, 0.6) is 11.6 Å². The smallest absolute Gasteiger partial charge is 0.219 e. The topological polar surface area (TPSA) is 66.1 Å². The highest BCUT2D eigenvalue weighted by Gasteiger charge is 2.10. The van der Waals surface area contributed by atoms with Gasteiger partial charge < -0.3 is 9.84 Å². The predicted octanol–water partition coefficient (Wildman–Crippen LogP) is 2.38. The summed E-state index contributed by atoms with van der Waals surface area (Å²) in [6.45, 7) is -0.114. The number of rotatable bonds is 3. The highest BCUT2D eigenvalue weighted by molar-refractivity contribution is 5.45. The summed E-state index contributed by atoms with van der Waals surface area (Å²) < 4.78 is 18.6. The third-order valence-electron chi connectivity index (χ3n) is 2.28. The minimum absolute atomic E-state index is 0.113. The van der Waals surface area contributed by atoms with Crippen molar-refractivity contribution in [3.05, 3.63) is 53.5 Å². The lowest BCUT2D eigenvalue weighted by Crippen LogP contribution is -1.94. The van der Waals surface area contributed by atoms with Crippen LogP contribution in [0.15, 0.2) is 36.5 Å². The summed E-state index contributed by atoms with van der Waals surface area (Å²) in [6.07, 6.45) is 1.45. The molecule has 0 aliphatic heterocycles. The number of benzene rings is 1. The first-order chi connectivity index (χ1) is 8.74. The van der Waals surface area contributed by atoms with Crippen LogP contribution in [0, 0.1) is 17.1 Å². The fourth-order valence-corrected chi connectivity index (χ4v) is 1.38. The second kappa shape index (κ2) is 5.25. The number of aliphatic hydroxyl groups is 1. The zero-order valence-corrected chi connectivity index (χ0v) is 9.30. The minimum atomic E-state index is -0.637. The van der Waals surface area contributed by atoms with E-state index >= 15 is 0 Å². The molecule has 1 heterocycles. The molecule has 1 aromatic carbocycles. The second-order valence-corrected chi connectivity index (χ2v) is 3.49. The molecule has 18 heavy (non-hydrogen) atoms. The van der Waals surface area contributed by atoms with Crippen molar-refractivity contribution in [3.8, 4) is 17.7 Å². The monoisotopic (exact) mass is 244 g/mol. The lowest BCUT2D eigenvalue weighted by molar-refractivity contribution is 0.281. The number of aliphatic hydroxyl groups excluding tert-OH is 1. The number of nitrogens with zero attached hydrogens (tertiary/aromatic N) is 2. The minimum Gasteiger partial charge on any atom is -0.438 e. The fourth-order valence-electron chi connectivity index (χ4n) is 1.38. The van der Waals surface area contributed by atoms with Crippen LogP contribution in [-0.4, -0.2) is 10.1 Å². The van der Waals surface area contributed by atoms with Gasteiger partial charge in [0.15, 0.2) is 0 Å². The van der Waals surface area contributed by atoms with Crippen molar-refractivity contribution in [3.63, 3.8) is 0 Å². The molecule has 0 radical (unpaired) electrons. The standard InChI is InChI=1S/C13H9FN2O2/c14-11-2-1-3-12(10(11)6-15)18-13-5-4-9(8-17)7-16-13/h1-5,7,17H,8H2. The second-order valence-electron chi connectivity index (χ2n) is 3.49. The van der Waals surface area contributed by atoms with Gasteiger partial charge >= 0.3 is 0 Å². The lowest BCUT2D eigenvalue weighted by Gasteiger charge is -2.06. The molecule has 5 heteroatoms. The summed E-state index contributed by atoms with van der Waals surface area (Å²) in [4.78, 5) is 3.94. The molecule has 0 aliphatic carbocycles. The molecule has 0 fully saturated rings. The van der Waals surface area contributed by atoms with E-state index in [1.165, 1.54) is 30.5 Å². The molecule has 0 unspecified atom stereocenters. The van der Waals surface area contributed by atoms with E-state index in [1.807, 2.05) is 0 Å². The Morgan fingerprint density at radius 3 is 2.78 bits per heavy atom. The Kier molecular flexibility index (Phi) is 3.51. The average Bonchev–Trinajstić information content (AvgIpc) is 2.40. The van der Waals surface area contributed by atoms with Gasteiger partial charge in [-0.25, -0.2) is 9.37 Å². The summed E-state index contributed by atoms with van der Waals surface area (Å²) in [7, 11) is 0. The third-order valence-corrected chi connectivity index (χ3v) is 2.28. The Labute approximate surface area is 103 Å². The van der Waals surface area contributed by atoms with Crippen LogP contribution in [0.2, 0.25) is 0 Å². The Balaban J connectivity index is 2.28. The highest BCUT2D eigenvalue weighted by atomic mass is 19.1. The van der Waals surface area contributed by atoms with Crippen LogP contribution >= 0.6 is 0 Å². The molecule has 1 aromatic heterocycles. The number of hydrogen-bond donors (Lipinski definition) is 1. The zero-order chi connectivity index (χ0) is 13.0. The number of nitriles is 1. The molecule has 0 saturated heterocycles. The van der Waals surface area contributed by atoms with Crippen molar-refractivity contribution in [1.29, 1.82) is 5.26 Å². The molecule has 1 N–H and O–H groups in total. The Morgan fingerprint density at radius 2 is 2.17 bits per heavy atom. The Morgan fingerprint density at radius 1 is 1.33 bits per heavy atom. The SMILES string of the molecule is N#Cc1c(F)cccc1Oc1ccc(CO)cn1. The van der Waals surface area contributed by atoms with Crippen LogP contribution in [0.25, 0.3) is 0 Å². The summed E-state index contributed by atoms with van der Waals surface area (Å²) in [5.74, 6) is -0.293. The largest absolute Gasteiger partial charge is 0.438 e. The van der Waals surface area contributed by atoms with Gasteiger partial charge in [0.2, 0.25) is 5.88 Å². The number of aromatic nitrogens is 1. The zero-order valence-electron chi connectivity index (χ0n) is 9.30. The van der Waals surface area contributed by atoms with E-state index in [2.05, 4.69) is 4.98 Å². The van der Waals surface area contributed by atoms with Gasteiger partial charge in [-0.2, -0.15) is 5.26 Å². The summed E-state index contributed by atoms with van der Waals surface area (Å²) in [5.41, 5.74) is 0.479. The fraction of sp³-hybridized carbons (Fsp3) is 0.0769. The molecule has 0 saturated carbocycles. The average molecular weight is 244 g/mol. The Bertz CT molecular complexity index is 591. The van der Waals surface area contributed by atoms with Crippen molar-refractivity contribution < 1.29 is 14.2 Å². The molecule has 0 spiro atoms. The van der Waals surface area contributed by atoms with Crippen LogP contribution in [0.4, 0.5) is 4.39 Å². The van der Waals surface area contributed by atoms with Gasteiger partial charge in [0.05, 0.1) is 6.61 Å². The van der Waals surface area contributed by atoms with Crippen molar-refractivity contribution >= 4 is 0 Å². The number of pyridine rings is 1. The van der Waals surface area contributed by atoms with Crippen LogP contribution in [0.1, 0.15) is 11.1 Å². The van der Waals surface area contributed by atoms with Crippen LogP contribution in [-0.2, 0) is 6.61 Å². The van der Waals surface area contributed by atoms with Crippen LogP contribution < -0.4 is 4.74 Å². The van der Waals surface area contributed by atoms with E-state index < -0.39 is 5.82 Å². The van der Waals surface area contributed by atoms with Gasteiger partial charge in [0.25, 0.3) is 0 Å². The molecule has 2 rings (SSSR count). The first-order valence-electron chi connectivity index (χ1n) is 5.17. The molecule has 0 amide bonds. The molecule has 0 aliphatic rings. The van der Waals surface area contributed by atoms with Crippen molar-refractivity contribution in [2.75, 3.05) is 0 Å². The number of ether oxygens (including phenoxy) is 1. The van der Waals surface area contributed by atoms with E-state index in [9.17, 15) is 4.39 Å². The Hall–Kier alpha value is -2.45. The highest BCUT2D eigenvalue weighted by Crippen LogP contribution is 2.25. The summed E-state index contributed by atoms with van der Waals surface area (Å²) in [6, 6.07) is 9.04. The van der Waals surface area contributed by atoms with Crippen molar-refractivity contribution in [2.45, 2.75) is 6.61 Å². The van der Waals surface area contributed by atoms with Gasteiger partial charge in [0, 0.05) is 12.3 Å². The van der Waals surface area contributed by atoms with E-state index in [1.54, 1.807) is 12.1 Å². The first kappa shape index (κ1) is 12.0. The van der Waals surface area contributed by atoms with Crippen molar-refractivity contribution in [2.24, 2.45) is 0 Å². The number of halogens is 1. The third kappa shape index (κ3) is 2.44. The van der Waals surface area contributed by atoms with Gasteiger partial charge in [-0.1, -0.05) is 6.07 Å². The summed E-state index contributed by atoms with van der Waals surface area (Å²) in [5, 5.41) is 17.7. The maximum atomic E-state index is 13.3. The first-order valence-corrected chi connectivity index (χ1v) is 5.17. The maximum Gasteiger partial charge on any atom is 0.219 e. The lowest BCUT2D eigenvalue weighted by atomic mass is 10.2. The van der Waals surface area contributed by atoms with E-state index in [4.69, 9.17) is 15.1 Å². The molecule has 2 aromatic rings. The normalized spacial score (nSPS) is 9.83. The van der Waals surface area contributed by atoms with Gasteiger partial charge in [-0.05, 0) is 23.8 Å². The van der Waals surface area contributed by atoms with Gasteiger partial charge in [-0.15, -0.1) is 0 Å². The molecule has 4 nitrogen and oxygen atoms in total. The molecular formula is C13H9FN2O2. The summed E-state index contributed by atoms with van der Waals surface area (Å²) >= 11 is 0. The van der Waals surface area contributed by atoms with Crippen molar-refractivity contribution in [1.82, 2.24) is 4.98 Å². The molecular weight excluding hydrogens is 235 g/mol. The van der Waals surface area contributed by atoms with Crippen LogP contribution in [0.3, 0.4) is 0 Å². The van der Waals surface area contributed by atoms with E-state index in [0.717, 1.165) is 0 Å². The number of hydrogen-bond acceptors (Lipinski definition) is 4. The maximum absolute atomic E-state index is 13.3. The molecule has 0 atom stereocenters. The predicted molar refractivity (Wildman–Crippen MR) is 61.3 cm³/mol. The van der Waals surface area contributed by atoms with E-state index in [0.29, 0.717) is 5.56 Å². The molecule has 90 valence electrons. The van der Waals surface area contributed by atoms with Gasteiger partial charge in [0.1, 0.15) is 23.2 Å². The van der Waals surface area contributed by atoms with E-state index in [-0.39, 0.29) is 23.8 Å². The molecule has 0 bridgehead atoms. The van der Waals surface area contributed by atoms with Gasteiger partial charge in [-0.3, -0.25) is 0 Å². The quantitative estimate of drug-likeness (QED) is 0.900.